The molecule has 2 aromatic carbocycles. The standard InChI is InChI=1S/C39H42N8O7S3/c1-39(2,3)54-38(51)42-19-20-55-22-25-21-41-18-17-27(25)56-28-16-15-26-29(43-34(48)30(45-52-4)33-44-37(40)57-46-33)35(49)47(26)31(28)36(50)53-32(23-11-7-5-8-12-23)24-13-9-6-10-14-24/h5-14,17-18,21,26,29,32H,15-16,19-20,22H2,1-4H3,(H,42,51)(H,43,48)(H2,40,44,46). The first-order valence-electron chi connectivity index (χ1n) is 18.0. The lowest BCUT2D eigenvalue weighted by Crippen LogP contribution is -2.72. The average Bonchev–Trinajstić information content (AvgIpc) is 3.63. The molecule has 3 amide bonds. The van der Waals surface area contributed by atoms with Gasteiger partial charge in [-0.25, -0.2) is 9.59 Å². The Kier molecular flexibility index (Phi) is 13.5. The second-order valence-electron chi connectivity index (χ2n) is 13.8. The molecular formula is C39H42N8O7S3. The fourth-order valence-electron chi connectivity index (χ4n) is 6.16. The Morgan fingerprint density at radius 2 is 1.77 bits per heavy atom. The van der Waals surface area contributed by atoms with Gasteiger partial charge in [0.2, 0.25) is 11.5 Å². The first-order chi connectivity index (χ1) is 27.4. The summed E-state index contributed by atoms with van der Waals surface area (Å²) in [7, 11) is 1.28. The van der Waals surface area contributed by atoms with Crippen LogP contribution in [-0.2, 0) is 34.4 Å². The Balaban J connectivity index is 1.26. The van der Waals surface area contributed by atoms with Gasteiger partial charge in [0.1, 0.15) is 24.4 Å². The first kappa shape index (κ1) is 41.2. The summed E-state index contributed by atoms with van der Waals surface area (Å²) >= 11 is 3.88. The number of nitrogens with one attached hydrogen (secondary N) is 2. The second-order valence-corrected chi connectivity index (χ2v) is 16.8. The minimum atomic E-state index is -0.967. The van der Waals surface area contributed by atoms with Gasteiger partial charge in [0.25, 0.3) is 11.8 Å². The molecule has 1 fully saturated rings. The van der Waals surface area contributed by atoms with E-state index >= 15 is 0 Å². The maximum absolute atomic E-state index is 14.6. The number of nitrogen functional groups attached to an aromatic ring is 1. The lowest BCUT2D eigenvalue weighted by atomic mass is 9.86. The maximum Gasteiger partial charge on any atom is 0.407 e. The number of amides is 3. The number of nitrogens with zero attached hydrogens (tertiary/aromatic N) is 5. The number of allylic oxidation sites excluding steroid dienone is 1. The summed E-state index contributed by atoms with van der Waals surface area (Å²) in [6, 6.07) is 19.1. The lowest BCUT2D eigenvalue weighted by molar-refractivity contribution is -0.158. The molecule has 4 aromatic rings. The van der Waals surface area contributed by atoms with Crippen molar-refractivity contribution in [2.24, 2.45) is 5.16 Å². The Morgan fingerprint density at radius 1 is 1.07 bits per heavy atom. The number of alkyl carbamates (subject to hydrolysis) is 1. The SMILES string of the molecule is CON=C(C(=O)NC1C(=O)N2C(C(=O)OC(c3ccccc3)c3ccccc3)=C(Sc3ccncc3CSCCNC(=O)OC(C)(C)C)CCC12)c1nsc(N)n1. The highest BCUT2D eigenvalue weighted by atomic mass is 32.2. The molecule has 2 aliphatic heterocycles. The minimum absolute atomic E-state index is 0.0366. The van der Waals surface area contributed by atoms with Crippen LogP contribution in [0, 0.1) is 0 Å². The van der Waals surface area contributed by atoms with E-state index in [1.165, 1.54) is 23.8 Å². The highest BCUT2D eigenvalue weighted by molar-refractivity contribution is 8.03. The molecule has 0 aliphatic carbocycles. The second kappa shape index (κ2) is 18.7. The Bertz CT molecular complexity index is 2100. The molecule has 298 valence electrons. The summed E-state index contributed by atoms with van der Waals surface area (Å²) in [6.45, 7) is 5.84. The minimum Gasteiger partial charge on any atom is -0.448 e. The number of fused-ring (bicyclic) bond motifs is 1. The highest BCUT2D eigenvalue weighted by Gasteiger charge is 2.54. The number of hydrogen-bond donors (Lipinski definition) is 3. The summed E-state index contributed by atoms with van der Waals surface area (Å²) in [5.74, 6) is -0.730. The van der Waals surface area contributed by atoms with E-state index in [1.54, 1.807) is 24.2 Å². The van der Waals surface area contributed by atoms with Gasteiger partial charge in [-0.1, -0.05) is 77.6 Å². The lowest BCUT2D eigenvalue weighted by Gasteiger charge is -2.50. The number of pyridine rings is 1. The van der Waals surface area contributed by atoms with E-state index in [2.05, 4.69) is 30.1 Å². The number of thioether (sulfide) groups is 2. The van der Waals surface area contributed by atoms with Crippen molar-refractivity contribution in [3.05, 3.63) is 112 Å². The number of β-lactam (4-membered cyclic amide) rings is 1. The van der Waals surface area contributed by atoms with Crippen molar-refractivity contribution in [2.75, 3.05) is 25.1 Å². The molecule has 1 saturated heterocycles. The first-order valence-corrected chi connectivity index (χ1v) is 20.7. The van der Waals surface area contributed by atoms with E-state index in [4.69, 9.17) is 20.0 Å². The largest absolute Gasteiger partial charge is 0.448 e. The summed E-state index contributed by atoms with van der Waals surface area (Å²) < 4.78 is 15.7. The monoisotopic (exact) mass is 830 g/mol. The predicted octanol–water partition coefficient (Wildman–Crippen LogP) is 5.45. The van der Waals surface area contributed by atoms with E-state index in [-0.39, 0.29) is 22.4 Å². The molecule has 2 atom stereocenters. The topological polar surface area (TPSA) is 200 Å². The zero-order valence-electron chi connectivity index (χ0n) is 31.7. The van der Waals surface area contributed by atoms with Gasteiger partial charge in [0.15, 0.2) is 11.2 Å². The summed E-state index contributed by atoms with van der Waals surface area (Å²) in [5.41, 5.74) is 7.46. The van der Waals surface area contributed by atoms with Gasteiger partial charge in [-0.05, 0) is 56.4 Å². The normalized spacial score (nSPS) is 16.8. The molecule has 0 spiro atoms. The molecule has 4 N–H and O–H groups in total. The number of hydrogen-bond acceptors (Lipinski definition) is 15. The number of anilines is 1. The van der Waals surface area contributed by atoms with E-state index < -0.39 is 47.7 Å². The highest BCUT2D eigenvalue weighted by Crippen LogP contribution is 2.45. The molecule has 15 nitrogen and oxygen atoms in total. The zero-order chi connectivity index (χ0) is 40.5. The fraction of sp³-hybridized carbons (Fsp3) is 0.333. The third kappa shape index (κ3) is 10.3. The number of aromatic nitrogens is 3. The van der Waals surface area contributed by atoms with Crippen LogP contribution in [0.5, 0.6) is 0 Å². The summed E-state index contributed by atoms with van der Waals surface area (Å²) in [6.07, 6.45) is 3.06. The number of carbonyl (C=O) groups excluding carboxylic acids is 4. The van der Waals surface area contributed by atoms with Gasteiger partial charge < -0.3 is 30.7 Å². The smallest absolute Gasteiger partial charge is 0.407 e. The molecule has 4 heterocycles. The molecule has 0 radical (unpaired) electrons. The van der Waals surface area contributed by atoms with Crippen molar-refractivity contribution in [3.63, 3.8) is 0 Å². The maximum atomic E-state index is 14.6. The van der Waals surface area contributed by atoms with E-state index in [1.807, 2.05) is 87.5 Å². The number of carbonyl (C=O) groups is 4. The van der Waals surface area contributed by atoms with Crippen molar-refractivity contribution in [3.8, 4) is 0 Å². The van der Waals surface area contributed by atoms with Crippen LogP contribution in [0.4, 0.5) is 9.93 Å². The number of esters is 1. The summed E-state index contributed by atoms with van der Waals surface area (Å²) in [4.78, 5) is 70.3. The van der Waals surface area contributed by atoms with Crippen molar-refractivity contribution in [2.45, 2.75) is 68.0 Å². The van der Waals surface area contributed by atoms with E-state index in [0.29, 0.717) is 35.8 Å². The number of ether oxygens (including phenoxy) is 2. The molecule has 0 bridgehead atoms. The van der Waals surface area contributed by atoms with Crippen molar-refractivity contribution in [1.82, 2.24) is 29.9 Å². The predicted molar refractivity (Wildman–Crippen MR) is 218 cm³/mol. The third-order valence-corrected chi connectivity index (χ3v) is 11.4. The van der Waals surface area contributed by atoms with Gasteiger partial charge >= 0.3 is 12.1 Å². The fourth-order valence-corrected chi connectivity index (χ4v) is 8.67. The molecule has 2 unspecified atom stereocenters. The molecule has 6 rings (SSSR count). The summed E-state index contributed by atoms with van der Waals surface area (Å²) in [5, 5.41) is 9.44. The van der Waals surface area contributed by atoms with Gasteiger partial charge in [-0.3, -0.25) is 19.5 Å². The van der Waals surface area contributed by atoms with Crippen LogP contribution in [-0.4, -0.2) is 85.9 Å². The van der Waals surface area contributed by atoms with Crippen LogP contribution in [0.25, 0.3) is 0 Å². The number of rotatable bonds is 15. The van der Waals surface area contributed by atoms with Crippen molar-refractivity contribution < 1.29 is 33.5 Å². The Hall–Kier alpha value is -5.46. The molecule has 18 heteroatoms. The van der Waals surface area contributed by atoms with Crippen LogP contribution >= 0.6 is 35.1 Å². The van der Waals surface area contributed by atoms with Crippen molar-refractivity contribution in [1.29, 1.82) is 0 Å². The number of nitrogens with two attached hydrogens (primary N) is 1. The van der Waals surface area contributed by atoms with Crippen molar-refractivity contribution >= 4 is 69.8 Å². The zero-order valence-corrected chi connectivity index (χ0v) is 34.1. The Labute approximate surface area is 342 Å². The molecule has 0 saturated carbocycles. The van der Waals surface area contributed by atoms with Crippen LogP contribution in [0.3, 0.4) is 0 Å². The molecule has 57 heavy (non-hydrogen) atoms. The average molecular weight is 831 g/mol. The number of benzene rings is 2. The van der Waals surface area contributed by atoms with Gasteiger partial charge in [0.05, 0.1) is 6.04 Å². The van der Waals surface area contributed by atoms with Crippen LogP contribution in [0.2, 0.25) is 0 Å². The van der Waals surface area contributed by atoms with E-state index in [0.717, 1.165) is 33.1 Å². The molecule has 2 aliphatic rings. The van der Waals surface area contributed by atoms with E-state index in [9.17, 15) is 19.2 Å². The molecule has 2 aromatic heterocycles. The van der Waals surface area contributed by atoms with Crippen LogP contribution in [0.15, 0.2) is 99.8 Å². The van der Waals surface area contributed by atoms with Crippen LogP contribution in [0.1, 0.15) is 62.2 Å². The third-order valence-electron chi connectivity index (χ3n) is 8.62. The van der Waals surface area contributed by atoms with Gasteiger partial charge in [0, 0.05) is 51.8 Å². The number of oxime groups is 1. The Morgan fingerprint density at radius 3 is 2.40 bits per heavy atom. The van der Waals surface area contributed by atoms with Crippen LogP contribution < -0.4 is 16.4 Å². The molecular weight excluding hydrogens is 789 g/mol. The quantitative estimate of drug-likeness (QED) is 0.0450. The van der Waals surface area contributed by atoms with Gasteiger partial charge in [-0.2, -0.15) is 21.1 Å². The van der Waals surface area contributed by atoms with Gasteiger partial charge in [-0.15, -0.1) is 0 Å².